The van der Waals surface area contributed by atoms with E-state index in [0.29, 0.717) is 0 Å². The number of aryl methyl sites for hydroxylation is 1. The van der Waals surface area contributed by atoms with Crippen molar-refractivity contribution in [3.8, 4) is 22.3 Å². The molecule has 2 aromatic carbocycles. The summed E-state index contributed by atoms with van der Waals surface area (Å²) in [5.74, 6) is -1.40. The van der Waals surface area contributed by atoms with E-state index in [2.05, 4.69) is 15.4 Å². The van der Waals surface area contributed by atoms with E-state index in [1.165, 1.54) is 37.6 Å². The average Bonchev–Trinajstić information content (AvgIpc) is 3.21. The maximum absolute atomic E-state index is 14.8. The van der Waals surface area contributed by atoms with Gasteiger partial charge in [-0.2, -0.15) is 18.3 Å². The molecule has 0 atom stereocenters. The van der Waals surface area contributed by atoms with Crippen LogP contribution in [0.15, 0.2) is 67.0 Å². The molecule has 3 N–H and O–H groups in total. The number of amides is 1. The number of halogens is 4. The number of benzene rings is 2. The Balaban J connectivity index is 1.63. The van der Waals surface area contributed by atoms with Crippen molar-refractivity contribution >= 4 is 11.7 Å². The summed E-state index contributed by atoms with van der Waals surface area (Å²) >= 11 is 0. The fraction of sp³-hybridized carbons (Fsp3) is 0.125. The molecule has 0 saturated heterocycles. The van der Waals surface area contributed by atoms with Crippen LogP contribution in [0.2, 0.25) is 0 Å². The highest BCUT2D eigenvalue weighted by atomic mass is 19.4. The van der Waals surface area contributed by atoms with Crippen molar-refractivity contribution < 1.29 is 22.4 Å². The van der Waals surface area contributed by atoms with Gasteiger partial charge in [0.15, 0.2) is 5.69 Å². The molecule has 4 rings (SSSR count). The van der Waals surface area contributed by atoms with Crippen molar-refractivity contribution in [2.75, 3.05) is 5.73 Å². The van der Waals surface area contributed by atoms with Gasteiger partial charge in [0.25, 0.3) is 5.91 Å². The Bertz CT molecular complexity index is 1350. The zero-order valence-corrected chi connectivity index (χ0v) is 17.9. The van der Waals surface area contributed by atoms with E-state index in [1.807, 2.05) is 30.3 Å². The number of rotatable bonds is 5. The number of hydrogen-bond acceptors (Lipinski definition) is 4. The van der Waals surface area contributed by atoms with Crippen LogP contribution in [0.1, 0.15) is 21.6 Å². The van der Waals surface area contributed by atoms with Crippen molar-refractivity contribution in [2.45, 2.75) is 12.7 Å². The zero-order chi connectivity index (χ0) is 24.5. The maximum Gasteiger partial charge on any atom is 0.435 e. The number of aromatic nitrogens is 3. The lowest BCUT2D eigenvalue weighted by Crippen LogP contribution is -2.23. The van der Waals surface area contributed by atoms with Gasteiger partial charge in [-0.25, -0.2) is 9.37 Å². The summed E-state index contributed by atoms with van der Waals surface area (Å²) in [6, 6.07) is 14.4. The largest absolute Gasteiger partial charge is 0.435 e. The van der Waals surface area contributed by atoms with Gasteiger partial charge in [0.1, 0.15) is 11.6 Å². The smallest absolute Gasteiger partial charge is 0.383 e. The summed E-state index contributed by atoms with van der Waals surface area (Å²) in [7, 11) is 1.38. The van der Waals surface area contributed by atoms with Gasteiger partial charge in [0.2, 0.25) is 0 Å². The molecule has 10 heteroatoms. The molecule has 0 spiro atoms. The van der Waals surface area contributed by atoms with E-state index in [1.54, 1.807) is 0 Å². The molecule has 2 heterocycles. The summed E-state index contributed by atoms with van der Waals surface area (Å²) in [4.78, 5) is 16.4. The molecule has 0 fully saturated rings. The SMILES string of the molecule is Cn1cc(-c2cnc(N)c(-c3ccc(C(=O)NCc4ccccc4)c(F)c3)c2)c(C(F)(F)F)n1. The van der Waals surface area contributed by atoms with Crippen molar-refractivity contribution in [3.63, 3.8) is 0 Å². The van der Waals surface area contributed by atoms with Crippen molar-refractivity contribution in [3.05, 3.63) is 89.6 Å². The maximum atomic E-state index is 14.8. The van der Waals surface area contributed by atoms with Gasteiger partial charge in [-0.05, 0) is 29.3 Å². The van der Waals surface area contributed by atoms with Gasteiger partial charge < -0.3 is 11.1 Å². The number of carbonyl (C=O) groups excluding carboxylic acids is 1. The number of pyridine rings is 1. The molecule has 0 aliphatic rings. The Morgan fingerprint density at radius 3 is 2.47 bits per heavy atom. The first-order valence-corrected chi connectivity index (χ1v) is 10.1. The number of alkyl halides is 3. The van der Waals surface area contributed by atoms with E-state index in [0.717, 1.165) is 16.3 Å². The summed E-state index contributed by atoms with van der Waals surface area (Å²) in [6.45, 7) is 0.229. The first-order valence-electron chi connectivity index (χ1n) is 10.1. The monoisotopic (exact) mass is 469 g/mol. The van der Waals surface area contributed by atoms with Crippen molar-refractivity contribution in [1.82, 2.24) is 20.1 Å². The summed E-state index contributed by atoms with van der Waals surface area (Å²) in [5, 5.41) is 6.14. The number of nitrogens with one attached hydrogen (secondary N) is 1. The van der Waals surface area contributed by atoms with Gasteiger partial charge in [0, 0.05) is 42.7 Å². The van der Waals surface area contributed by atoms with Gasteiger partial charge in [-0.15, -0.1) is 0 Å². The van der Waals surface area contributed by atoms with Crippen LogP contribution >= 0.6 is 0 Å². The minimum atomic E-state index is -4.67. The second-order valence-electron chi connectivity index (χ2n) is 7.58. The van der Waals surface area contributed by atoms with Gasteiger partial charge >= 0.3 is 6.18 Å². The molecule has 0 aliphatic carbocycles. The second-order valence-corrected chi connectivity index (χ2v) is 7.58. The second kappa shape index (κ2) is 8.97. The standard InChI is InChI=1S/C24H19F4N5O/c1-33-13-19(21(32-33)24(26,27)28)16-9-18(22(29)30-12-16)15-7-8-17(20(25)10-15)23(34)31-11-14-5-3-2-4-6-14/h2-10,12-13H,11H2,1H3,(H2,29,30)(H,31,34). The highest BCUT2D eigenvalue weighted by molar-refractivity contribution is 5.95. The third kappa shape index (κ3) is 4.75. The van der Waals surface area contributed by atoms with Gasteiger partial charge in [-0.1, -0.05) is 36.4 Å². The highest BCUT2D eigenvalue weighted by Crippen LogP contribution is 2.38. The number of nitrogen functional groups attached to an aromatic ring is 1. The Morgan fingerprint density at radius 2 is 1.79 bits per heavy atom. The van der Waals surface area contributed by atoms with Crippen LogP contribution in [-0.2, 0) is 19.8 Å². The molecule has 0 saturated carbocycles. The molecule has 34 heavy (non-hydrogen) atoms. The number of nitrogens with zero attached hydrogens (tertiary/aromatic N) is 3. The van der Waals surface area contributed by atoms with Crippen molar-refractivity contribution in [2.24, 2.45) is 7.05 Å². The molecule has 0 radical (unpaired) electrons. The first-order chi connectivity index (χ1) is 16.1. The number of carbonyl (C=O) groups is 1. The molecule has 174 valence electrons. The van der Waals surface area contributed by atoms with Crippen molar-refractivity contribution in [1.29, 1.82) is 0 Å². The third-order valence-electron chi connectivity index (χ3n) is 5.15. The quantitative estimate of drug-likeness (QED) is 0.411. The first kappa shape index (κ1) is 23.0. The molecule has 4 aromatic rings. The molecular weight excluding hydrogens is 450 g/mol. The lowest BCUT2D eigenvalue weighted by atomic mass is 9.99. The number of anilines is 1. The average molecular weight is 469 g/mol. The van der Waals surface area contributed by atoms with Gasteiger partial charge in [0.05, 0.1) is 5.56 Å². The fourth-order valence-corrected chi connectivity index (χ4v) is 3.50. The van der Waals surface area contributed by atoms with Crippen LogP contribution < -0.4 is 11.1 Å². The van der Waals surface area contributed by atoms with Crippen LogP contribution in [0.4, 0.5) is 23.4 Å². The molecule has 0 unspecified atom stereocenters. The van der Waals surface area contributed by atoms with Crippen LogP contribution in [0.3, 0.4) is 0 Å². The lowest BCUT2D eigenvalue weighted by molar-refractivity contribution is -0.140. The van der Waals surface area contributed by atoms with E-state index >= 15 is 0 Å². The fourth-order valence-electron chi connectivity index (χ4n) is 3.50. The normalized spacial score (nSPS) is 11.4. The van der Waals surface area contributed by atoms with E-state index in [4.69, 9.17) is 5.73 Å². The Morgan fingerprint density at radius 1 is 1.06 bits per heavy atom. The number of nitrogens with two attached hydrogens (primary N) is 1. The summed E-state index contributed by atoms with van der Waals surface area (Å²) in [5.41, 5.74) is 5.99. The molecule has 1 amide bonds. The molecule has 2 aromatic heterocycles. The Kier molecular flexibility index (Phi) is 6.06. The minimum absolute atomic E-state index is 0.00174. The third-order valence-corrected chi connectivity index (χ3v) is 5.15. The van der Waals surface area contributed by atoms with E-state index < -0.39 is 23.6 Å². The van der Waals surface area contributed by atoms with Crippen LogP contribution in [0, 0.1) is 5.82 Å². The summed E-state index contributed by atoms with van der Waals surface area (Å²) in [6.07, 6.45) is -2.24. The lowest BCUT2D eigenvalue weighted by Gasteiger charge is -2.11. The molecule has 0 bridgehead atoms. The highest BCUT2D eigenvalue weighted by Gasteiger charge is 2.37. The molecular formula is C24H19F4N5O. The van der Waals surface area contributed by atoms with Crippen LogP contribution in [-0.4, -0.2) is 20.7 Å². The predicted molar refractivity (Wildman–Crippen MR) is 119 cm³/mol. The van der Waals surface area contributed by atoms with E-state index in [-0.39, 0.29) is 40.2 Å². The van der Waals surface area contributed by atoms with Crippen LogP contribution in [0.25, 0.3) is 22.3 Å². The zero-order valence-electron chi connectivity index (χ0n) is 17.9. The molecule has 6 nitrogen and oxygen atoms in total. The topological polar surface area (TPSA) is 85.8 Å². The minimum Gasteiger partial charge on any atom is -0.383 e. The van der Waals surface area contributed by atoms with E-state index in [9.17, 15) is 22.4 Å². The van der Waals surface area contributed by atoms with Crippen LogP contribution in [0.5, 0.6) is 0 Å². The summed E-state index contributed by atoms with van der Waals surface area (Å²) < 4.78 is 56.0. The predicted octanol–water partition coefficient (Wildman–Crippen LogP) is 4.82. The van der Waals surface area contributed by atoms with Gasteiger partial charge in [-0.3, -0.25) is 9.48 Å². The molecule has 0 aliphatic heterocycles. The Hall–Kier alpha value is -4.21. The Labute approximate surface area is 192 Å². The number of hydrogen-bond donors (Lipinski definition) is 2.